The average Bonchev–Trinajstić information content (AvgIpc) is 3.79. The van der Waals surface area contributed by atoms with Crippen LogP contribution in [0.5, 0.6) is 0 Å². The first-order valence-electron chi connectivity index (χ1n) is 19.0. The first-order valence-corrected chi connectivity index (χ1v) is 19.0. The highest BCUT2D eigenvalue weighted by atomic mass is 19.1. The normalized spacial score (nSPS) is 11.6. The highest BCUT2D eigenvalue weighted by molar-refractivity contribution is 6.12. The van der Waals surface area contributed by atoms with Gasteiger partial charge in [-0.15, -0.1) is 0 Å². The second-order valence-electron chi connectivity index (χ2n) is 14.2. The van der Waals surface area contributed by atoms with Crippen LogP contribution in [0.3, 0.4) is 0 Å². The van der Waals surface area contributed by atoms with E-state index in [9.17, 15) is 4.39 Å². The van der Waals surface area contributed by atoms with Gasteiger partial charge in [-0.2, -0.15) is 0 Å². The van der Waals surface area contributed by atoms with Crippen molar-refractivity contribution in [3.8, 4) is 56.7 Å². The lowest BCUT2D eigenvalue weighted by Gasteiger charge is -2.12. The summed E-state index contributed by atoms with van der Waals surface area (Å²) in [7, 11) is 0. The van der Waals surface area contributed by atoms with Crippen molar-refractivity contribution in [1.29, 1.82) is 0 Å². The van der Waals surface area contributed by atoms with Gasteiger partial charge >= 0.3 is 0 Å². The molecule has 0 aliphatic carbocycles. The van der Waals surface area contributed by atoms with Gasteiger partial charge in [0.15, 0.2) is 17.5 Å². The highest BCUT2D eigenvalue weighted by Crippen LogP contribution is 2.38. The summed E-state index contributed by atoms with van der Waals surface area (Å²) in [6, 6.07) is 65.8. The van der Waals surface area contributed by atoms with Gasteiger partial charge in [-0.1, -0.05) is 115 Å². The van der Waals surface area contributed by atoms with E-state index >= 15 is 0 Å². The van der Waals surface area contributed by atoms with Crippen molar-refractivity contribution in [1.82, 2.24) is 24.1 Å². The van der Waals surface area contributed by atoms with Gasteiger partial charge in [-0.3, -0.25) is 0 Å². The van der Waals surface area contributed by atoms with Gasteiger partial charge in [0.05, 0.1) is 22.1 Å². The zero-order valence-electron chi connectivity index (χ0n) is 30.6. The van der Waals surface area contributed by atoms with E-state index in [0.717, 1.165) is 44.7 Å². The first-order chi connectivity index (χ1) is 28.2. The predicted octanol–water partition coefficient (Wildman–Crippen LogP) is 12.9. The molecule has 0 N–H and O–H groups in total. The zero-order valence-corrected chi connectivity index (χ0v) is 30.6. The van der Waals surface area contributed by atoms with Crippen LogP contribution in [-0.4, -0.2) is 24.1 Å². The van der Waals surface area contributed by atoms with Gasteiger partial charge in [-0.25, -0.2) is 19.3 Å². The number of nitrogens with zero attached hydrogens (tertiary/aromatic N) is 5. The van der Waals surface area contributed by atoms with E-state index in [0.29, 0.717) is 23.0 Å². The number of hydrogen-bond acceptors (Lipinski definition) is 3. The molecule has 11 aromatic rings. The monoisotopic (exact) mass is 733 g/mol. The standard InChI is InChI=1S/C51H32FN5/c52-38-26-22-34(23-27-38)50-53-49(33-12-3-1-4-13-33)54-51(55-50)37-14-11-17-40(30-37)57-45-20-9-7-18-41(45)43-28-24-36(32-48(43)57)35-25-29-47-44(31-35)42-19-8-10-21-46(42)56(47)39-15-5-2-6-16-39/h1-32H. The largest absolute Gasteiger partial charge is 0.309 e. The van der Waals surface area contributed by atoms with Crippen LogP contribution < -0.4 is 0 Å². The first kappa shape index (κ1) is 32.7. The van der Waals surface area contributed by atoms with E-state index in [1.165, 1.54) is 44.7 Å². The van der Waals surface area contributed by atoms with Gasteiger partial charge in [0, 0.05) is 49.6 Å². The van der Waals surface area contributed by atoms with Gasteiger partial charge < -0.3 is 9.13 Å². The van der Waals surface area contributed by atoms with Gasteiger partial charge in [0.2, 0.25) is 0 Å². The molecule has 0 aliphatic heterocycles. The third-order valence-electron chi connectivity index (χ3n) is 10.8. The number of hydrogen-bond donors (Lipinski definition) is 0. The Morgan fingerprint density at radius 3 is 1.49 bits per heavy atom. The molecular weight excluding hydrogens is 702 g/mol. The van der Waals surface area contributed by atoms with Crippen molar-refractivity contribution in [2.75, 3.05) is 0 Å². The van der Waals surface area contributed by atoms with Crippen LogP contribution in [0.4, 0.5) is 4.39 Å². The molecule has 268 valence electrons. The Labute approximate surface area is 327 Å². The maximum absolute atomic E-state index is 13.9. The van der Waals surface area contributed by atoms with Crippen molar-refractivity contribution in [2.45, 2.75) is 0 Å². The molecule has 0 radical (unpaired) electrons. The van der Waals surface area contributed by atoms with Crippen molar-refractivity contribution >= 4 is 43.6 Å². The Morgan fingerprint density at radius 1 is 0.298 bits per heavy atom. The number of aromatic nitrogens is 5. The fourth-order valence-corrected chi connectivity index (χ4v) is 8.17. The minimum Gasteiger partial charge on any atom is -0.309 e. The highest BCUT2D eigenvalue weighted by Gasteiger charge is 2.18. The average molecular weight is 734 g/mol. The van der Waals surface area contributed by atoms with Crippen molar-refractivity contribution in [3.05, 3.63) is 200 Å². The summed E-state index contributed by atoms with van der Waals surface area (Å²) >= 11 is 0. The van der Waals surface area contributed by atoms with Crippen LogP contribution in [0.1, 0.15) is 0 Å². The van der Waals surface area contributed by atoms with Gasteiger partial charge in [0.1, 0.15) is 5.82 Å². The Balaban J connectivity index is 1.07. The molecule has 0 fully saturated rings. The van der Waals surface area contributed by atoms with Crippen molar-refractivity contribution in [2.24, 2.45) is 0 Å². The molecule has 8 aromatic carbocycles. The van der Waals surface area contributed by atoms with Crippen LogP contribution >= 0.6 is 0 Å². The lowest BCUT2D eigenvalue weighted by atomic mass is 10.0. The number of fused-ring (bicyclic) bond motifs is 6. The lowest BCUT2D eigenvalue weighted by Crippen LogP contribution is -2.01. The molecule has 0 amide bonds. The van der Waals surface area contributed by atoms with E-state index < -0.39 is 0 Å². The molecule has 0 spiro atoms. The fraction of sp³-hybridized carbons (Fsp3) is 0. The summed E-state index contributed by atoms with van der Waals surface area (Å²) in [5.74, 6) is 1.26. The third-order valence-corrected chi connectivity index (χ3v) is 10.8. The second kappa shape index (κ2) is 13.3. The number of benzene rings is 8. The Kier molecular flexibility index (Phi) is 7.60. The number of rotatable bonds is 6. The van der Waals surface area contributed by atoms with E-state index in [-0.39, 0.29) is 5.82 Å². The molecule has 0 saturated heterocycles. The molecule has 3 heterocycles. The van der Waals surface area contributed by atoms with E-state index in [1.807, 2.05) is 36.4 Å². The smallest absolute Gasteiger partial charge is 0.164 e. The Morgan fingerprint density at radius 2 is 0.772 bits per heavy atom. The van der Waals surface area contributed by atoms with Gasteiger partial charge in [-0.05, 0) is 90.0 Å². The topological polar surface area (TPSA) is 48.5 Å². The molecule has 0 aliphatic rings. The number of halogens is 1. The van der Waals surface area contributed by atoms with Crippen molar-refractivity contribution < 1.29 is 4.39 Å². The SMILES string of the molecule is Fc1ccc(-c2nc(-c3ccccc3)nc(-c3cccc(-n4c5ccccc5c5ccc(-c6ccc7c(c6)c6ccccc6n7-c6ccccc6)cc54)c3)n2)cc1. The molecule has 6 heteroatoms. The molecule has 5 nitrogen and oxygen atoms in total. The maximum atomic E-state index is 13.9. The summed E-state index contributed by atoms with van der Waals surface area (Å²) in [5, 5.41) is 4.79. The predicted molar refractivity (Wildman–Crippen MR) is 230 cm³/mol. The van der Waals surface area contributed by atoms with Crippen LogP contribution in [0.15, 0.2) is 194 Å². The molecule has 0 atom stereocenters. The Bertz CT molecular complexity index is 3290. The lowest BCUT2D eigenvalue weighted by molar-refractivity contribution is 0.628. The van der Waals surface area contributed by atoms with Crippen LogP contribution in [0.2, 0.25) is 0 Å². The molecule has 57 heavy (non-hydrogen) atoms. The minimum absolute atomic E-state index is 0.311. The number of para-hydroxylation sites is 3. The summed E-state index contributed by atoms with van der Waals surface area (Å²) in [6.45, 7) is 0. The zero-order chi connectivity index (χ0) is 37.9. The summed E-state index contributed by atoms with van der Waals surface area (Å²) in [4.78, 5) is 14.7. The van der Waals surface area contributed by atoms with E-state index in [2.05, 4.69) is 143 Å². The second-order valence-corrected chi connectivity index (χ2v) is 14.2. The van der Waals surface area contributed by atoms with E-state index in [1.54, 1.807) is 12.1 Å². The quantitative estimate of drug-likeness (QED) is 0.171. The van der Waals surface area contributed by atoms with Crippen LogP contribution in [0, 0.1) is 5.82 Å². The van der Waals surface area contributed by atoms with E-state index in [4.69, 9.17) is 15.0 Å². The Hall–Kier alpha value is -7.70. The molecule has 3 aromatic heterocycles. The van der Waals surface area contributed by atoms with Crippen molar-refractivity contribution in [3.63, 3.8) is 0 Å². The molecule has 0 saturated carbocycles. The fourth-order valence-electron chi connectivity index (χ4n) is 8.17. The summed E-state index contributed by atoms with van der Waals surface area (Å²) < 4.78 is 18.6. The minimum atomic E-state index is -0.311. The van der Waals surface area contributed by atoms with Crippen LogP contribution in [0.25, 0.3) is 100 Å². The van der Waals surface area contributed by atoms with Gasteiger partial charge in [0.25, 0.3) is 0 Å². The summed E-state index contributed by atoms with van der Waals surface area (Å²) in [6.07, 6.45) is 0. The van der Waals surface area contributed by atoms with Crippen LogP contribution in [-0.2, 0) is 0 Å². The maximum Gasteiger partial charge on any atom is 0.164 e. The molecule has 11 rings (SSSR count). The third kappa shape index (κ3) is 5.57. The molecular formula is C51H32FN5. The molecule has 0 unspecified atom stereocenters. The molecule has 0 bridgehead atoms. The summed E-state index contributed by atoms with van der Waals surface area (Å²) in [5.41, 5.74) is 11.4.